The first kappa shape index (κ1) is 17.0. The minimum absolute atomic E-state index is 0.113. The molecule has 0 aliphatic rings. The Morgan fingerprint density at radius 3 is 2.65 bits per heavy atom. The summed E-state index contributed by atoms with van der Waals surface area (Å²) in [4.78, 5) is 11.9. The highest BCUT2D eigenvalue weighted by atomic mass is 35.5. The van der Waals surface area contributed by atoms with Crippen molar-refractivity contribution in [2.75, 3.05) is 0 Å². The summed E-state index contributed by atoms with van der Waals surface area (Å²) in [5.41, 5.74) is 3.51. The number of carbonyl (C=O) groups is 1. The lowest BCUT2D eigenvalue weighted by Crippen LogP contribution is -2.33. The zero-order chi connectivity index (χ0) is 16.8. The summed E-state index contributed by atoms with van der Waals surface area (Å²) in [5.74, 6) is -0.381. The Labute approximate surface area is 138 Å². The second-order valence-electron chi connectivity index (χ2n) is 4.94. The molecule has 0 fully saturated rings. The summed E-state index contributed by atoms with van der Waals surface area (Å²) >= 11 is 5.86. The van der Waals surface area contributed by atoms with Crippen LogP contribution in [0.25, 0.3) is 0 Å². The summed E-state index contributed by atoms with van der Waals surface area (Å²) in [6.45, 7) is 3.56. The second-order valence-corrected chi connectivity index (χ2v) is 5.35. The molecule has 0 radical (unpaired) electrons. The monoisotopic (exact) mass is 334 g/mol. The van der Waals surface area contributed by atoms with Crippen molar-refractivity contribution in [3.63, 3.8) is 0 Å². The number of benzene rings is 2. The van der Waals surface area contributed by atoms with Crippen molar-refractivity contribution in [2.45, 2.75) is 20.0 Å². The van der Waals surface area contributed by atoms with Crippen LogP contribution in [-0.4, -0.2) is 18.2 Å². The number of halogens is 2. The number of hydrogen-bond acceptors (Lipinski definition) is 3. The van der Waals surface area contributed by atoms with E-state index in [1.807, 2.05) is 19.1 Å². The molecule has 2 aromatic carbocycles. The predicted octanol–water partition coefficient (Wildman–Crippen LogP) is 3.71. The fourth-order valence-corrected chi connectivity index (χ4v) is 1.97. The molecule has 0 heterocycles. The Morgan fingerprint density at radius 1 is 1.30 bits per heavy atom. The Bertz CT molecular complexity index is 697. The third-order valence-corrected chi connectivity index (χ3v) is 3.40. The lowest BCUT2D eigenvalue weighted by Gasteiger charge is -2.13. The highest BCUT2D eigenvalue weighted by Crippen LogP contribution is 2.16. The molecule has 0 saturated carbocycles. The molecule has 1 unspecified atom stereocenters. The van der Waals surface area contributed by atoms with Crippen molar-refractivity contribution < 1.29 is 13.9 Å². The van der Waals surface area contributed by atoms with Gasteiger partial charge in [0.05, 0.1) is 11.2 Å². The predicted molar refractivity (Wildman–Crippen MR) is 88.4 cm³/mol. The van der Waals surface area contributed by atoms with Gasteiger partial charge in [-0.15, -0.1) is 0 Å². The van der Waals surface area contributed by atoms with E-state index in [0.717, 1.165) is 11.8 Å². The van der Waals surface area contributed by atoms with E-state index >= 15 is 0 Å². The van der Waals surface area contributed by atoms with E-state index < -0.39 is 17.8 Å². The van der Waals surface area contributed by atoms with Crippen LogP contribution in [0.3, 0.4) is 0 Å². The van der Waals surface area contributed by atoms with Crippen molar-refractivity contribution in [2.24, 2.45) is 5.10 Å². The zero-order valence-electron chi connectivity index (χ0n) is 12.7. The van der Waals surface area contributed by atoms with Gasteiger partial charge in [0.1, 0.15) is 11.6 Å². The normalized spacial score (nSPS) is 12.2. The molecule has 2 rings (SSSR count). The lowest BCUT2D eigenvalue weighted by molar-refractivity contribution is -0.127. The van der Waals surface area contributed by atoms with Crippen LogP contribution < -0.4 is 10.2 Å². The minimum Gasteiger partial charge on any atom is -0.481 e. The molecular formula is C17H16ClFN2O2. The first-order chi connectivity index (χ1) is 11.0. The van der Waals surface area contributed by atoms with Gasteiger partial charge in [0.25, 0.3) is 5.91 Å². The number of amides is 1. The van der Waals surface area contributed by atoms with Gasteiger partial charge in [-0.05, 0) is 38.1 Å². The van der Waals surface area contributed by atoms with E-state index in [0.29, 0.717) is 5.75 Å². The Balaban J connectivity index is 1.93. The molecule has 4 nitrogen and oxygen atoms in total. The molecule has 120 valence electrons. The number of rotatable bonds is 5. The molecule has 1 N–H and O–H groups in total. The van der Waals surface area contributed by atoms with Crippen molar-refractivity contribution >= 4 is 23.7 Å². The zero-order valence-corrected chi connectivity index (χ0v) is 13.5. The van der Waals surface area contributed by atoms with Crippen molar-refractivity contribution in [3.8, 4) is 5.75 Å². The highest BCUT2D eigenvalue weighted by molar-refractivity contribution is 6.33. The fraction of sp³-hybridized carbons (Fsp3) is 0.176. The number of hydrogen-bond donors (Lipinski definition) is 1. The molecule has 2 aromatic rings. The maximum absolute atomic E-state index is 13.5. The van der Waals surface area contributed by atoms with E-state index in [-0.39, 0.29) is 10.6 Å². The van der Waals surface area contributed by atoms with Gasteiger partial charge in [-0.3, -0.25) is 4.79 Å². The van der Waals surface area contributed by atoms with Crippen LogP contribution in [0.1, 0.15) is 18.1 Å². The molecule has 0 bridgehead atoms. The van der Waals surface area contributed by atoms with Gasteiger partial charge >= 0.3 is 0 Å². The topological polar surface area (TPSA) is 50.7 Å². The number of nitrogens with one attached hydrogen (secondary N) is 1. The number of nitrogens with zero attached hydrogens (tertiary/aromatic N) is 1. The van der Waals surface area contributed by atoms with E-state index in [1.54, 1.807) is 19.1 Å². The van der Waals surface area contributed by atoms with Crippen molar-refractivity contribution in [1.29, 1.82) is 0 Å². The summed E-state index contributed by atoms with van der Waals surface area (Å²) < 4.78 is 19.0. The summed E-state index contributed by atoms with van der Waals surface area (Å²) in [5, 5.41) is 3.93. The summed E-state index contributed by atoms with van der Waals surface area (Å²) in [6, 6.07) is 11.6. The Hall–Kier alpha value is -2.40. The van der Waals surface area contributed by atoms with Gasteiger partial charge in [-0.1, -0.05) is 35.4 Å². The first-order valence-corrected chi connectivity index (χ1v) is 7.35. The van der Waals surface area contributed by atoms with Crippen LogP contribution in [0.4, 0.5) is 4.39 Å². The maximum Gasteiger partial charge on any atom is 0.280 e. The molecule has 1 amide bonds. The van der Waals surface area contributed by atoms with Crippen molar-refractivity contribution in [1.82, 2.24) is 5.43 Å². The molecule has 0 aliphatic carbocycles. The number of carbonyl (C=O) groups excluding carboxylic acids is 1. The molecule has 23 heavy (non-hydrogen) atoms. The van der Waals surface area contributed by atoms with Crippen LogP contribution in [0, 0.1) is 12.7 Å². The number of ether oxygens (including phenoxy) is 1. The summed E-state index contributed by atoms with van der Waals surface area (Å²) in [7, 11) is 0. The lowest BCUT2D eigenvalue weighted by atomic mass is 10.2. The average Bonchev–Trinajstić information content (AvgIpc) is 2.52. The molecular weight excluding hydrogens is 319 g/mol. The van der Waals surface area contributed by atoms with Crippen LogP contribution in [-0.2, 0) is 4.79 Å². The molecule has 6 heteroatoms. The standard InChI is InChI=1S/C17H16ClFN2O2/c1-11-6-8-13(9-7-11)23-12(2)17(22)21-20-10-14-15(18)4-3-5-16(14)19/h3-10,12H,1-2H3,(H,21,22)/b20-10+. The molecule has 0 aliphatic heterocycles. The van der Waals surface area contributed by atoms with Crippen LogP contribution in [0.5, 0.6) is 5.75 Å². The number of hydrazone groups is 1. The second kappa shape index (κ2) is 7.74. The van der Waals surface area contributed by atoms with Gasteiger partial charge < -0.3 is 4.74 Å². The molecule has 0 aromatic heterocycles. The Kier molecular flexibility index (Phi) is 5.71. The van der Waals surface area contributed by atoms with Gasteiger partial charge in [-0.2, -0.15) is 5.10 Å². The Morgan fingerprint density at radius 2 is 2.00 bits per heavy atom. The largest absolute Gasteiger partial charge is 0.481 e. The first-order valence-electron chi connectivity index (χ1n) is 6.97. The van der Waals surface area contributed by atoms with Gasteiger partial charge in [0.2, 0.25) is 0 Å². The van der Waals surface area contributed by atoms with Crippen LogP contribution >= 0.6 is 11.6 Å². The fourth-order valence-electron chi connectivity index (χ4n) is 1.76. The number of aryl methyl sites for hydroxylation is 1. The summed E-state index contributed by atoms with van der Waals surface area (Å²) in [6.07, 6.45) is 0.416. The smallest absolute Gasteiger partial charge is 0.280 e. The van der Waals surface area contributed by atoms with Gasteiger partial charge in [-0.25, -0.2) is 9.82 Å². The quantitative estimate of drug-likeness (QED) is 0.669. The third-order valence-electron chi connectivity index (χ3n) is 3.07. The molecule has 0 saturated heterocycles. The van der Waals surface area contributed by atoms with Gasteiger partial charge in [0.15, 0.2) is 6.10 Å². The molecule has 1 atom stereocenters. The van der Waals surface area contributed by atoms with Crippen molar-refractivity contribution in [3.05, 3.63) is 64.4 Å². The maximum atomic E-state index is 13.5. The van der Waals surface area contributed by atoms with Crippen LogP contribution in [0.15, 0.2) is 47.6 Å². The average molecular weight is 335 g/mol. The molecule has 0 spiro atoms. The third kappa shape index (κ3) is 4.79. The SMILES string of the molecule is Cc1ccc(OC(C)C(=O)N/N=C/c2c(F)cccc2Cl)cc1. The van der Waals surface area contributed by atoms with E-state index in [2.05, 4.69) is 10.5 Å². The highest BCUT2D eigenvalue weighted by Gasteiger charge is 2.14. The van der Waals surface area contributed by atoms with E-state index in [1.165, 1.54) is 18.2 Å². The van der Waals surface area contributed by atoms with E-state index in [4.69, 9.17) is 16.3 Å². The van der Waals surface area contributed by atoms with Gasteiger partial charge in [0, 0.05) is 5.56 Å². The van der Waals surface area contributed by atoms with E-state index in [9.17, 15) is 9.18 Å². The van der Waals surface area contributed by atoms with Crippen LogP contribution in [0.2, 0.25) is 5.02 Å². The minimum atomic E-state index is -0.744.